The van der Waals surface area contributed by atoms with E-state index in [0.29, 0.717) is 0 Å². The molecule has 0 atom stereocenters. The summed E-state index contributed by atoms with van der Waals surface area (Å²) in [5, 5.41) is 2.13. The highest BCUT2D eigenvalue weighted by atomic mass is 32.2. The van der Waals surface area contributed by atoms with Gasteiger partial charge in [-0.25, -0.2) is 8.42 Å². The minimum absolute atomic E-state index is 0.168. The Hall–Kier alpha value is -2.16. The zero-order valence-corrected chi connectivity index (χ0v) is 26.0. The van der Waals surface area contributed by atoms with Crippen LogP contribution in [0, 0.1) is 0 Å². The molecule has 0 aliphatic heterocycles. The molecule has 0 aliphatic carbocycles. The molecule has 2 heterocycles. The van der Waals surface area contributed by atoms with E-state index in [1.165, 1.54) is 22.4 Å². The largest absolute Gasteiger partial charge is 0.741 e. The summed E-state index contributed by atoms with van der Waals surface area (Å²) in [7, 11) is -6.28. The fraction of sp³-hybridized carbons (Fsp3) is 0.259. The molecule has 4 rings (SSSR count). The second kappa shape index (κ2) is 14.1. The van der Waals surface area contributed by atoms with Gasteiger partial charge < -0.3 is 14.0 Å². The lowest BCUT2D eigenvalue weighted by Gasteiger charge is -2.12. The molecule has 0 radical (unpaired) electrons. The Bertz CT molecular complexity index is 1380. The number of halogens is 3. The summed E-state index contributed by atoms with van der Waals surface area (Å²) in [5.41, 5.74) is -5.65. The molecule has 0 bridgehead atoms. The quantitative estimate of drug-likeness (QED) is 0.103. The van der Waals surface area contributed by atoms with Crippen LogP contribution < -0.4 is 9.47 Å². The maximum atomic E-state index is 10.7. The van der Waals surface area contributed by atoms with Crippen LogP contribution in [0.1, 0.15) is 27.7 Å². The third kappa shape index (κ3) is 9.74. The van der Waals surface area contributed by atoms with Crippen LogP contribution in [0.15, 0.2) is 101 Å². The van der Waals surface area contributed by atoms with Gasteiger partial charge in [0.2, 0.25) is 4.21 Å². The molecule has 40 heavy (non-hydrogen) atoms. The van der Waals surface area contributed by atoms with Crippen molar-refractivity contribution < 1.29 is 35.6 Å². The van der Waals surface area contributed by atoms with Crippen LogP contribution in [0.3, 0.4) is 0 Å². The average Bonchev–Trinajstić information content (AvgIpc) is 3.53. The first-order valence-corrected chi connectivity index (χ1v) is 17.0. The Morgan fingerprint density at radius 2 is 1.27 bits per heavy atom. The van der Waals surface area contributed by atoms with E-state index >= 15 is 0 Å². The SMILES string of the molecule is CC(C)Oc1ccc([S+](c2ccc(OC(C)C)cc2)c2ccc(Sc3cccs3)s2)cc1.O=S(=O)([O-])C(F)(F)F. The topological polar surface area (TPSA) is 75.7 Å². The van der Waals surface area contributed by atoms with Gasteiger partial charge in [0.15, 0.2) is 19.9 Å². The molecular weight excluding hydrogens is 622 g/mol. The Morgan fingerprint density at radius 3 is 1.65 bits per heavy atom. The van der Waals surface area contributed by atoms with Gasteiger partial charge in [-0.2, -0.15) is 13.2 Å². The molecule has 0 saturated heterocycles. The van der Waals surface area contributed by atoms with Crippen LogP contribution in [0.25, 0.3) is 0 Å². The van der Waals surface area contributed by atoms with Crippen molar-refractivity contribution in [2.75, 3.05) is 0 Å². The van der Waals surface area contributed by atoms with E-state index in [1.807, 2.05) is 23.1 Å². The zero-order valence-electron chi connectivity index (χ0n) is 21.9. The first-order valence-electron chi connectivity index (χ1n) is 11.8. The molecular formula is C27H27F3O5S5. The molecule has 216 valence electrons. The summed E-state index contributed by atoms with van der Waals surface area (Å²) >= 11 is 5.51. The Morgan fingerprint density at radius 1 is 0.800 bits per heavy atom. The average molecular weight is 649 g/mol. The fourth-order valence-corrected chi connectivity index (χ4v) is 9.10. The van der Waals surface area contributed by atoms with Crippen molar-refractivity contribution in [2.24, 2.45) is 0 Å². The second-order valence-electron chi connectivity index (χ2n) is 8.59. The van der Waals surface area contributed by atoms with Gasteiger partial charge in [0.05, 0.1) is 20.6 Å². The highest BCUT2D eigenvalue weighted by molar-refractivity contribution is 8.03. The number of hydrogen-bond donors (Lipinski definition) is 0. The maximum absolute atomic E-state index is 10.7. The van der Waals surface area contributed by atoms with Gasteiger partial charge in [-0.3, -0.25) is 0 Å². The van der Waals surface area contributed by atoms with E-state index in [-0.39, 0.29) is 23.1 Å². The predicted molar refractivity (Wildman–Crippen MR) is 155 cm³/mol. The highest BCUT2D eigenvalue weighted by Gasteiger charge is 2.37. The summed E-state index contributed by atoms with van der Waals surface area (Å²) in [6.45, 7) is 8.21. The van der Waals surface area contributed by atoms with Crippen molar-refractivity contribution in [1.29, 1.82) is 0 Å². The Kier molecular flexibility index (Phi) is 11.4. The van der Waals surface area contributed by atoms with Gasteiger partial charge in [0, 0.05) is 6.07 Å². The number of ether oxygens (including phenoxy) is 2. The smallest absolute Gasteiger partial charge is 0.485 e. The molecule has 0 spiro atoms. The molecule has 13 heteroatoms. The van der Waals surface area contributed by atoms with E-state index < -0.39 is 15.6 Å². The van der Waals surface area contributed by atoms with Crippen LogP contribution >= 0.6 is 34.4 Å². The number of thiophene rings is 2. The normalized spacial score (nSPS) is 12.0. The minimum Gasteiger partial charge on any atom is -0.741 e. The molecule has 2 aromatic heterocycles. The van der Waals surface area contributed by atoms with Crippen molar-refractivity contribution in [3.05, 3.63) is 78.2 Å². The summed E-state index contributed by atoms with van der Waals surface area (Å²) in [5.74, 6) is 1.82. The minimum atomic E-state index is -6.09. The predicted octanol–water partition coefficient (Wildman–Crippen LogP) is 8.68. The molecule has 0 unspecified atom stereocenters. The fourth-order valence-electron chi connectivity index (χ4n) is 3.11. The standard InChI is InChI=1S/C26H27O2S4.CHF3O3S/c1-18(2)27-20-7-11-22(12-8-20)32(23-13-9-21(10-14-23)28-19(3)4)26-16-15-25(31-26)30-24-6-5-17-29-24;2-1(3,4)8(5,6)7/h5-19H,1-4H3;(H,5,6,7)/q+1;/p-1. The van der Waals surface area contributed by atoms with Gasteiger partial charge in [-0.1, -0.05) is 29.2 Å². The molecule has 0 fully saturated rings. The maximum Gasteiger partial charge on any atom is 0.485 e. The highest BCUT2D eigenvalue weighted by Crippen LogP contribution is 2.42. The second-order valence-corrected chi connectivity index (χ2v) is 15.8. The van der Waals surface area contributed by atoms with Gasteiger partial charge in [-0.05, 0) is 93.7 Å². The van der Waals surface area contributed by atoms with Crippen molar-refractivity contribution in [1.82, 2.24) is 0 Å². The molecule has 0 aliphatic rings. The van der Waals surface area contributed by atoms with Crippen molar-refractivity contribution >= 4 is 55.4 Å². The lowest BCUT2D eigenvalue weighted by atomic mass is 10.3. The van der Waals surface area contributed by atoms with Crippen LogP contribution in [0.2, 0.25) is 0 Å². The number of rotatable bonds is 9. The van der Waals surface area contributed by atoms with E-state index in [2.05, 4.69) is 106 Å². The van der Waals surface area contributed by atoms with E-state index in [1.54, 1.807) is 11.3 Å². The van der Waals surface area contributed by atoms with E-state index in [0.717, 1.165) is 11.5 Å². The number of benzene rings is 2. The molecule has 2 aromatic carbocycles. The van der Waals surface area contributed by atoms with Gasteiger partial charge in [0.25, 0.3) is 0 Å². The molecule has 4 aromatic rings. The zero-order chi connectivity index (χ0) is 29.5. The molecule has 5 nitrogen and oxygen atoms in total. The first kappa shape index (κ1) is 32.4. The van der Waals surface area contributed by atoms with E-state index in [4.69, 9.17) is 22.4 Å². The number of alkyl halides is 3. The molecule has 0 saturated carbocycles. The van der Waals surface area contributed by atoms with Crippen LogP contribution in [0.4, 0.5) is 13.2 Å². The molecule has 0 N–H and O–H groups in total. The van der Waals surface area contributed by atoms with Gasteiger partial charge in [-0.15, -0.1) is 11.3 Å². The number of hydrogen-bond acceptors (Lipinski definition) is 8. The summed E-state index contributed by atoms with van der Waals surface area (Å²) in [4.78, 5) is 2.57. The monoisotopic (exact) mass is 648 g/mol. The first-order chi connectivity index (χ1) is 18.7. The van der Waals surface area contributed by atoms with E-state index in [9.17, 15) is 13.2 Å². The third-order valence-electron chi connectivity index (χ3n) is 4.60. The van der Waals surface area contributed by atoms with Crippen molar-refractivity contribution in [2.45, 2.75) is 67.8 Å². The summed E-state index contributed by atoms with van der Waals surface area (Å²) in [6.07, 6.45) is 0.337. The van der Waals surface area contributed by atoms with Crippen molar-refractivity contribution in [3.63, 3.8) is 0 Å². The Balaban J connectivity index is 0.000000482. The Labute approximate surface area is 247 Å². The lowest BCUT2D eigenvalue weighted by Crippen LogP contribution is -2.21. The third-order valence-corrected chi connectivity index (χ3v) is 11.0. The van der Waals surface area contributed by atoms with Crippen molar-refractivity contribution in [3.8, 4) is 11.5 Å². The van der Waals surface area contributed by atoms with Gasteiger partial charge >= 0.3 is 5.51 Å². The van der Waals surface area contributed by atoms with Crippen LogP contribution in [-0.4, -0.2) is 30.7 Å². The summed E-state index contributed by atoms with van der Waals surface area (Å²) in [6, 6.07) is 25.9. The molecule has 0 amide bonds. The lowest BCUT2D eigenvalue weighted by molar-refractivity contribution is -0.0517. The van der Waals surface area contributed by atoms with Crippen LogP contribution in [0.5, 0.6) is 11.5 Å². The van der Waals surface area contributed by atoms with Crippen LogP contribution in [-0.2, 0) is 21.0 Å². The summed E-state index contributed by atoms with van der Waals surface area (Å²) < 4.78 is 74.6. The van der Waals surface area contributed by atoms with Gasteiger partial charge in [0.1, 0.15) is 22.4 Å².